The van der Waals surface area contributed by atoms with Gasteiger partial charge in [0.2, 0.25) is 17.7 Å². The zero-order valence-electron chi connectivity index (χ0n) is 14.0. The number of likely N-dealkylation sites (tertiary alicyclic amines) is 1. The summed E-state index contributed by atoms with van der Waals surface area (Å²) in [5.74, 6) is -0.337. The highest BCUT2D eigenvalue weighted by Gasteiger charge is 2.56. The van der Waals surface area contributed by atoms with Crippen molar-refractivity contribution < 1.29 is 19.1 Å². The molecule has 6 heteroatoms. The molecule has 0 spiro atoms. The fraction of sp³-hybridized carbons (Fsp3) is 0.421. The van der Waals surface area contributed by atoms with Gasteiger partial charge in [0.1, 0.15) is 12.3 Å². The maximum Gasteiger partial charge on any atom is 0.244 e. The van der Waals surface area contributed by atoms with Crippen molar-refractivity contribution in [3.63, 3.8) is 0 Å². The second-order valence-electron chi connectivity index (χ2n) is 6.88. The monoisotopic (exact) mass is 340 g/mol. The summed E-state index contributed by atoms with van der Waals surface area (Å²) in [5.41, 5.74) is 0.601. The van der Waals surface area contributed by atoms with Crippen molar-refractivity contribution in [2.24, 2.45) is 23.7 Å². The summed E-state index contributed by atoms with van der Waals surface area (Å²) in [5, 5.41) is 2.72. The van der Waals surface area contributed by atoms with Crippen LogP contribution in [-0.2, 0) is 14.4 Å². The second kappa shape index (κ2) is 6.02. The highest BCUT2D eigenvalue weighted by Crippen LogP contribution is 2.49. The van der Waals surface area contributed by atoms with Gasteiger partial charge < -0.3 is 10.1 Å². The van der Waals surface area contributed by atoms with E-state index in [9.17, 15) is 14.4 Å². The average molecular weight is 340 g/mol. The predicted molar refractivity (Wildman–Crippen MR) is 90.7 cm³/mol. The standard InChI is InChI=1S/C19H20N2O4/c1-25-14-8-6-13(7-9-14)20-15(22)10-21-18(23)16-11-2-3-12(5-4-11)17(16)19(21)24/h2-3,6-9,11-12,16-17H,4-5,10H2,1H3,(H,20,22)/t11-,12-,16-,17+/m0/s1. The van der Waals surface area contributed by atoms with Gasteiger partial charge in [-0.25, -0.2) is 0 Å². The van der Waals surface area contributed by atoms with Crippen molar-refractivity contribution in [1.29, 1.82) is 0 Å². The number of nitrogens with one attached hydrogen (secondary N) is 1. The number of hydrogen-bond acceptors (Lipinski definition) is 4. The molecule has 1 heterocycles. The second-order valence-corrected chi connectivity index (χ2v) is 6.88. The SMILES string of the molecule is COc1ccc(NC(=O)CN2C(=O)[C@@H]3[C@H](C2=O)[C@H]2C=C[C@H]3CC2)cc1. The lowest BCUT2D eigenvalue weighted by molar-refractivity contribution is -0.142. The Bertz CT molecular complexity index is 723. The number of ether oxygens (including phenoxy) is 1. The van der Waals surface area contributed by atoms with Crippen LogP contribution in [0.4, 0.5) is 5.69 Å². The Hall–Kier alpha value is -2.63. The van der Waals surface area contributed by atoms with Crippen molar-refractivity contribution in [2.45, 2.75) is 12.8 Å². The normalized spacial score (nSPS) is 29.7. The molecule has 4 atom stereocenters. The lowest BCUT2D eigenvalue weighted by Gasteiger charge is -2.38. The Balaban J connectivity index is 1.44. The summed E-state index contributed by atoms with van der Waals surface area (Å²) in [6.45, 7) is -0.226. The van der Waals surface area contributed by atoms with Crippen molar-refractivity contribution in [2.75, 3.05) is 19.0 Å². The number of carbonyl (C=O) groups excluding carboxylic acids is 3. The molecule has 6 nitrogen and oxygen atoms in total. The molecule has 4 aliphatic rings. The van der Waals surface area contributed by atoms with Gasteiger partial charge in [-0.15, -0.1) is 0 Å². The molecule has 5 rings (SSSR count). The van der Waals surface area contributed by atoms with E-state index in [1.165, 1.54) is 0 Å². The molecule has 1 saturated carbocycles. The van der Waals surface area contributed by atoms with Gasteiger partial charge in [-0.05, 0) is 48.9 Å². The van der Waals surface area contributed by atoms with Gasteiger partial charge >= 0.3 is 0 Å². The number of nitrogens with zero attached hydrogens (tertiary/aromatic N) is 1. The maximum atomic E-state index is 12.7. The summed E-state index contributed by atoms with van der Waals surface area (Å²) >= 11 is 0. The predicted octanol–water partition coefficient (Wildman–Crippen LogP) is 1.83. The average Bonchev–Trinajstić information content (AvgIpc) is 2.90. The number of fused-ring (bicyclic) bond motifs is 1. The molecule has 1 aromatic carbocycles. The fourth-order valence-corrected chi connectivity index (χ4v) is 4.31. The number of imide groups is 1. The van der Waals surface area contributed by atoms with Gasteiger partial charge in [0.05, 0.1) is 18.9 Å². The van der Waals surface area contributed by atoms with Crippen molar-refractivity contribution in [3.8, 4) is 5.75 Å². The van der Waals surface area contributed by atoms with Crippen LogP contribution in [0.2, 0.25) is 0 Å². The molecule has 1 aromatic rings. The number of benzene rings is 1. The molecular weight excluding hydrogens is 320 g/mol. The summed E-state index contributed by atoms with van der Waals surface area (Å²) in [7, 11) is 1.57. The number of methoxy groups -OCH3 is 1. The molecule has 3 amide bonds. The van der Waals surface area contributed by atoms with Crippen LogP contribution < -0.4 is 10.1 Å². The molecular formula is C19H20N2O4. The van der Waals surface area contributed by atoms with E-state index in [0.29, 0.717) is 11.4 Å². The molecule has 2 bridgehead atoms. The minimum absolute atomic E-state index is 0.140. The van der Waals surface area contributed by atoms with Gasteiger partial charge in [-0.2, -0.15) is 0 Å². The molecule has 0 aromatic heterocycles. The third-order valence-electron chi connectivity index (χ3n) is 5.53. The molecule has 130 valence electrons. The molecule has 0 radical (unpaired) electrons. The van der Waals surface area contributed by atoms with E-state index in [-0.39, 0.29) is 47.9 Å². The van der Waals surface area contributed by atoms with E-state index in [1.807, 2.05) is 0 Å². The molecule has 1 aliphatic heterocycles. The number of hydrogen-bond donors (Lipinski definition) is 1. The van der Waals surface area contributed by atoms with Crippen LogP contribution in [0.3, 0.4) is 0 Å². The topological polar surface area (TPSA) is 75.7 Å². The van der Waals surface area contributed by atoms with Gasteiger partial charge in [0.15, 0.2) is 0 Å². The number of amides is 3. The Labute approximate surface area is 145 Å². The summed E-state index contributed by atoms with van der Waals surface area (Å²) < 4.78 is 5.07. The van der Waals surface area contributed by atoms with Crippen LogP contribution >= 0.6 is 0 Å². The van der Waals surface area contributed by atoms with Gasteiger partial charge in [-0.3, -0.25) is 19.3 Å². The Morgan fingerprint density at radius 1 is 1.08 bits per heavy atom. The van der Waals surface area contributed by atoms with Crippen LogP contribution in [0.15, 0.2) is 36.4 Å². The quantitative estimate of drug-likeness (QED) is 0.670. The van der Waals surface area contributed by atoms with E-state index < -0.39 is 0 Å². The van der Waals surface area contributed by atoms with E-state index in [1.54, 1.807) is 31.4 Å². The van der Waals surface area contributed by atoms with Gasteiger partial charge in [0, 0.05) is 5.69 Å². The van der Waals surface area contributed by atoms with E-state index in [2.05, 4.69) is 17.5 Å². The first-order chi connectivity index (χ1) is 12.1. The summed E-state index contributed by atoms with van der Waals surface area (Å²) in [6.07, 6.45) is 6.04. The number of carbonyl (C=O) groups is 3. The molecule has 3 aliphatic carbocycles. The van der Waals surface area contributed by atoms with Crippen molar-refractivity contribution in [1.82, 2.24) is 4.90 Å². The van der Waals surface area contributed by atoms with Crippen LogP contribution in [0.25, 0.3) is 0 Å². The minimum atomic E-state index is -0.370. The molecule has 1 N–H and O–H groups in total. The highest BCUT2D eigenvalue weighted by atomic mass is 16.5. The highest BCUT2D eigenvalue weighted by molar-refractivity contribution is 6.09. The Kier molecular flexibility index (Phi) is 3.82. The first-order valence-corrected chi connectivity index (χ1v) is 8.56. The van der Waals surface area contributed by atoms with Crippen LogP contribution in [0.1, 0.15) is 12.8 Å². The van der Waals surface area contributed by atoms with Crippen LogP contribution in [-0.4, -0.2) is 36.3 Å². The van der Waals surface area contributed by atoms with E-state index in [4.69, 9.17) is 4.74 Å². The molecule has 1 saturated heterocycles. The fourth-order valence-electron chi connectivity index (χ4n) is 4.31. The first kappa shape index (κ1) is 15.9. The van der Waals surface area contributed by atoms with Crippen LogP contribution in [0, 0.1) is 23.7 Å². The lowest BCUT2D eigenvalue weighted by atomic mass is 9.63. The zero-order valence-corrected chi connectivity index (χ0v) is 14.0. The minimum Gasteiger partial charge on any atom is -0.497 e. The smallest absolute Gasteiger partial charge is 0.244 e. The van der Waals surface area contributed by atoms with E-state index in [0.717, 1.165) is 17.7 Å². The Morgan fingerprint density at radius 2 is 1.64 bits per heavy atom. The third kappa shape index (κ3) is 2.62. The molecule has 0 unspecified atom stereocenters. The van der Waals surface area contributed by atoms with E-state index >= 15 is 0 Å². The van der Waals surface area contributed by atoms with Crippen molar-refractivity contribution in [3.05, 3.63) is 36.4 Å². The number of anilines is 1. The van der Waals surface area contributed by atoms with Crippen molar-refractivity contribution >= 4 is 23.4 Å². The summed E-state index contributed by atoms with van der Waals surface area (Å²) in [6, 6.07) is 6.90. The number of allylic oxidation sites excluding steroid dienone is 2. The first-order valence-electron chi connectivity index (χ1n) is 8.56. The van der Waals surface area contributed by atoms with Gasteiger partial charge in [0.25, 0.3) is 0 Å². The molecule has 2 fully saturated rings. The largest absolute Gasteiger partial charge is 0.497 e. The zero-order chi connectivity index (χ0) is 17.6. The lowest BCUT2D eigenvalue weighted by Crippen LogP contribution is -2.38. The summed E-state index contributed by atoms with van der Waals surface area (Å²) in [4.78, 5) is 38.8. The molecule has 25 heavy (non-hydrogen) atoms. The maximum absolute atomic E-state index is 12.7. The van der Waals surface area contributed by atoms with Crippen LogP contribution in [0.5, 0.6) is 5.75 Å². The third-order valence-corrected chi connectivity index (χ3v) is 5.53. The Morgan fingerprint density at radius 3 is 2.12 bits per heavy atom. The van der Waals surface area contributed by atoms with Gasteiger partial charge in [-0.1, -0.05) is 12.2 Å². The number of rotatable bonds is 4.